The van der Waals surface area contributed by atoms with Crippen LogP contribution in [0.2, 0.25) is 0 Å². The summed E-state index contributed by atoms with van der Waals surface area (Å²) in [6.07, 6.45) is 3.63. The van der Waals surface area contributed by atoms with Crippen LogP contribution in [0.4, 0.5) is 0 Å². The van der Waals surface area contributed by atoms with Crippen LogP contribution in [0.1, 0.15) is 35.6 Å². The number of methoxy groups -OCH3 is 1. The van der Waals surface area contributed by atoms with Gasteiger partial charge >= 0.3 is 17.7 Å². The SMILES string of the molecule is COC(=O)c1ccc(Oc2cc(=C(C)C)[n+]3c(n2)C(c2ccc(-c4ccccc4)nc2)=CN=3)cc1. The third kappa shape index (κ3) is 4.44. The minimum Gasteiger partial charge on any atom is -0.465 e. The molecule has 2 aromatic heterocycles. The Bertz CT molecular complexity index is 1560. The van der Waals surface area contributed by atoms with Crippen molar-refractivity contribution in [2.24, 2.45) is 5.11 Å². The summed E-state index contributed by atoms with van der Waals surface area (Å²) in [4.78, 5) is 21.1. The number of esters is 1. The minimum absolute atomic E-state index is 0.398. The molecule has 35 heavy (non-hydrogen) atoms. The Hall–Kier alpha value is -4.65. The maximum atomic E-state index is 11.7. The predicted molar refractivity (Wildman–Crippen MR) is 131 cm³/mol. The first-order valence-electron chi connectivity index (χ1n) is 11.1. The predicted octanol–water partition coefficient (Wildman–Crippen LogP) is 4.64. The molecule has 4 aromatic rings. The summed E-state index contributed by atoms with van der Waals surface area (Å²) < 4.78 is 12.6. The molecule has 0 saturated heterocycles. The van der Waals surface area contributed by atoms with Crippen LogP contribution in [0.5, 0.6) is 11.6 Å². The van der Waals surface area contributed by atoms with E-state index in [1.807, 2.05) is 72.9 Å². The van der Waals surface area contributed by atoms with Crippen LogP contribution in [0, 0.1) is 0 Å². The second-order valence-electron chi connectivity index (χ2n) is 8.19. The van der Waals surface area contributed by atoms with Crippen LogP contribution in [0.15, 0.2) is 90.3 Å². The highest BCUT2D eigenvalue weighted by Gasteiger charge is 2.26. The Morgan fingerprint density at radius 1 is 0.914 bits per heavy atom. The first-order valence-corrected chi connectivity index (χ1v) is 11.1. The third-order valence-corrected chi connectivity index (χ3v) is 5.60. The van der Waals surface area contributed by atoms with Crippen LogP contribution in [0.3, 0.4) is 0 Å². The number of hydrogen-bond donors (Lipinski definition) is 0. The second kappa shape index (κ2) is 9.30. The van der Waals surface area contributed by atoms with Gasteiger partial charge in [0.2, 0.25) is 0 Å². The van der Waals surface area contributed by atoms with Crippen molar-refractivity contribution < 1.29 is 18.6 Å². The normalized spacial score (nSPS) is 11.8. The van der Waals surface area contributed by atoms with Crippen molar-refractivity contribution in [3.05, 3.63) is 107 Å². The standard InChI is InChI=1S/C28H23N4O3/c1-18(2)25-15-26(35-22-12-9-20(10-13-22)28(33)34-3)31-27-23(17-30-32(25)27)21-11-14-24(29-16-21)19-7-5-4-6-8-19/h4-17H,1-3H3/q+1. The van der Waals surface area contributed by atoms with E-state index >= 15 is 0 Å². The van der Waals surface area contributed by atoms with Gasteiger partial charge in [0.05, 0.1) is 30.6 Å². The summed E-state index contributed by atoms with van der Waals surface area (Å²) in [6.45, 7) is 4.03. The molecule has 3 heterocycles. The molecular weight excluding hydrogens is 440 g/mol. The van der Waals surface area contributed by atoms with E-state index in [1.165, 1.54) is 7.11 Å². The minimum atomic E-state index is -0.398. The van der Waals surface area contributed by atoms with E-state index in [2.05, 4.69) is 10.1 Å². The Morgan fingerprint density at radius 3 is 2.34 bits per heavy atom. The van der Waals surface area contributed by atoms with Gasteiger partial charge in [0, 0.05) is 22.3 Å². The molecule has 0 radical (unpaired) electrons. The quantitative estimate of drug-likeness (QED) is 0.318. The summed E-state index contributed by atoms with van der Waals surface area (Å²) in [6, 6.07) is 22.6. The third-order valence-electron chi connectivity index (χ3n) is 5.60. The summed E-state index contributed by atoms with van der Waals surface area (Å²) in [5.41, 5.74) is 5.24. The lowest BCUT2D eigenvalue weighted by molar-refractivity contribution is -0.561. The number of benzene rings is 2. The number of fused-ring (bicyclic) bond motifs is 1. The van der Waals surface area contributed by atoms with E-state index < -0.39 is 5.97 Å². The van der Waals surface area contributed by atoms with Crippen LogP contribution >= 0.6 is 0 Å². The van der Waals surface area contributed by atoms with Crippen LogP contribution < -0.4 is 14.5 Å². The van der Waals surface area contributed by atoms with E-state index in [-0.39, 0.29) is 0 Å². The average molecular weight is 464 g/mol. The molecule has 7 heteroatoms. The molecule has 172 valence electrons. The molecule has 0 atom stereocenters. The van der Waals surface area contributed by atoms with Gasteiger partial charge in [0.25, 0.3) is 0 Å². The largest absolute Gasteiger partial charge is 0.465 e. The zero-order chi connectivity index (χ0) is 24.4. The lowest BCUT2D eigenvalue weighted by Gasteiger charge is -2.05. The number of rotatable bonds is 5. The van der Waals surface area contributed by atoms with Crippen molar-refractivity contribution in [3.63, 3.8) is 0 Å². The summed E-state index contributed by atoms with van der Waals surface area (Å²) in [5, 5.41) is 5.47. The number of nitrogens with zero attached hydrogens (tertiary/aromatic N) is 4. The van der Waals surface area contributed by atoms with Gasteiger partial charge in [-0.2, -0.15) is 0 Å². The van der Waals surface area contributed by atoms with Crippen molar-refractivity contribution >= 4 is 17.1 Å². The second-order valence-corrected chi connectivity index (χ2v) is 8.19. The smallest absolute Gasteiger partial charge is 0.362 e. The highest BCUT2D eigenvalue weighted by atomic mass is 16.5. The summed E-state index contributed by atoms with van der Waals surface area (Å²) in [5.74, 6) is 1.25. The van der Waals surface area contributed by atoms with E-state index in [0.717, 1.165) is 33.3 Å². The van der Waals surface area contributed by atoms with E-state index in [1.54, 1.807) is 30.5 Å². The number of pyridine rings is 1. The monoisotopic (exact) mass is 463 g/mol. The molecule has 0 saturated carbocycles. The molecule has 1 aliphatic rings. The lowest BCUT2D eigenvalue weighted by atomic mass is 10.1. The Balaban J connectivity index is 1.49. The molecule has 1 aliphatic heterocycles. The Kier molecular flexibility index (Phi) is 5.89. The number of carbonyl (C=O) groups excluding carboxylic acids is 1. The van der Waals surface area contributed by atoms with Gasteiger partial charge in [0.1, 0.15) is 11.3 Å². The summed E-state index contributed by atoms with van der Waals surface area (Å²) in [7, 11) is 1.35. The Labute approximate surface area is 202 Å². The number of hydrogen-bond acceptors (Lipinski definition) is 6. The van der Waals surface area contributed by atoms with Crippen molar-refractivity contribution in [1.29, 1.82) is 0 Å². The fourth-order valence-corrected chi connectivity index (χ4v) is 3.78. The van der Waals surface area contributed by atoms with Gasteiger partial charge in [-0.25, -0.2) is 4.79 Å². The average Bonchev–Trinajstić information content (AvgIpc) is 3.32. The van der Waals surface area contributed by atoms with Crippen LogP contribution in [0.25, 0.3) is 22.4 Å². The van der Waals surface area contributed by atoms with E-state index in [0.29, 0.717) is 23.0 Å². The molecular formula is C28H23N4O3+. The molecule has 7 nitrogen and oxygen atoms in total. The van der Waals surface area contributed by atoms with E-state index in [9.17, 15) is 4.79 Å². The molecule has 5 rings (SSSR count). The molecule has 0 bridgehead atoms. The van der Waals surface area contributed by atoms with Crippen molar-refractivity contribution in [3.8, 4) is 22.9 Å². The fraction of sp³-hybridized carbons (Fsp3) is 0.107. The van der Waals surface area contributed by atoms with Crippen molar-refractivity contribution in [2.75, 3.05) is 7.11 Å². The molecule has 0 N–H and O–H groups in total. The molecule has 0 aliphatic carbocycles. The zero-order valence-corrected chi connectivity index (χ0v) is 19.6. The van der Waals surface area contributed by atoms with E-state index in [4.69, 9.17) is 14.5 Å². The van der Waals surface area contributed by atoms with Gasteiger partial charge in [-0.1, -0.05) is 45.9 Å². The molecule has 0 spiro atoms. The highest BCUT2D eigenvalue weighted by molar-refractivity contribution is 5.89. The number of carbonyl (C=O) groups is 1. The topological polar surface area (TPSA) is 79.6 Å². The molecule has 0 fully saturated rings. The fourth-order valence-electron chi connectivity index (χ4n) is 3.78. The van der Waals surface area contributed by atoms with Gasteiger partial charge in [-0.15, -0.1) is 0 Å². The molecule has 0 amide bonds. The first kappa shape index (κ1) is 22.2. The Morgan fingerprint density at radius 2 is 1.69 bits per heavy atom. The van der Waals surface area contributed by atoms with Gasteiger partial charge < -0.3 is 9.47 Å². The van der Waals surface area contributed by atoms with Crippen LogP contribution in [-0.2, 0) is 4.74 Å². The van der Waals surface area contributed by atoms with Crippen LogP contribution in [-0.4, -0.2) is 23.0 Å². The zero-order valence-electron chi connectivity index (χ0n) is 19.6. The molecule has 0 unspecified atom stereocenters. The van der Waals surface area contributed by atoms with Gasteiger partial charge in [-0.3, -0.25) is 4.98 Å². The van der Waals surface area contributed by atoms with Gasteiger partial charge in [-0.05, 0) is 49.8 Å². The first-order chi connectivity index (χ1) is 17.0. The van der Waals surface area contributed by atoms with Crippen molar-refractivity contribution in [2.45, 2.75) is 13.8 Å². The highest BCUT2D eigenvalue weighted by Crippen LogP contribution is 2.26. The molecule has 2 aromatic carbocycles. The van der Waals surface area contributed by atoms with Gasteiger partial charge in [0.15, 0.2) is 5.35 Å². The lowest BCUT2D eigenvalue weighted by Crippen LogP contribution is -2.40. The maximum absolute atomic E-state index is 11.7. The number of ether oxygens (including phenoxy) is 2. The van der Waals surface area contributed by atoms with Crippen molar-refractivity contribution in [1.82, 2.24) is 9.97 Å². The summed E-state index contributed by atoms with van der Waals surface area (Å²) >= 11 is 0. The maximum Gasteiger partial charge on any atom is 0.362 e. The number of aromatic nitrogens is 3.